The Morgan fingerprint density at radius 1 is 1.38 bits per heavy atom. The second-order valence-electron chi connectivity index (χ2n) is 6.28. The van der Waals surface area contributed by atoms with Gasteiger partial charge in [-0.2, -0.15) is 15.0 Å². The van der Waals surface area contributed by atoms with E-state index in [-0.39, 0.29) is 6.03 Å². The van der Waals surface area contributed by atoms with E-state index in [2.05, 4.69) is 20.5 Å². The fourth-order valence-corrected chi connectivity index (χ4v) is 3.03. The molecule has 26 heavy (non-hydrogen) atoms. The van der Waals surface area contributed by atoms with Gasteiger partial charge in [-0.05, 0) is 18.6 Å². The van der Waals surface area contributed by atoms with Crippen LogP contribution in [0.15, 0.2) is 24.4 Å². The van der Waals surface area contributed by atoms with Crippen LogP contribution in [0.1, 0.15) is 17.8 Å². The van der Waals surface area contributed by atoms with Crippen LogP contribution in [-0.4, -0.2) is 44.0 Å². The molecule has 0 radical (unpaired) electrons. The number of fused-ring (bicyclic) bond motifs is 1. The lowest BCUT2D eigenvalue weighted by atomic mass is 10.2. The van der Waals surface area contributed by atoms with Crippen LogP contribution in [0.2, 0.25) is 5.02 Å². The van der Waals surface area contributed by atoms with Crippen LogP contribution in [0.4, 0.5) is 4.79 Å². The normalized spacial score (nSPS) is 13.7. The Morgan fingerprint density at radius 2 is 2.23 bits per heavy atom. The molecule has 0 saturated carbocycles. The quantitative estimate of drug-likeness (QED) is 0.718. The van der Waals surface area contributed by atoms with Crippen molar-refractivity contribution in [3.05, 3.63) is 40.8 Å². The number of urea groups is 1. The highest BCUT2D eigenvalue weighted by molar-refractivity contribution is 6.32. The first-order valence-corrected chi connectivity index (χ1v) is 8.78. The van der Waals surface area contributed by atoms with Gasteiger partial charge in [0.2, 0.25) is 0 Å². The van der Waals surface area contributed by atoms with Gasteiger partial charge < -0.3 is 19.9 Å². The molecular formula is C17H19ClN6O2. The number of carbonyl (C=O) groups excluding carboxylic acids is 1. The molecule has 1 aliphatic rings. The van der Waals surface area contributed by atoms with Gasteiger partial charge in [0.15, 0.2) is 0 Å². The molecule has 9 heteroatoms. The number of hydrogen-bond acceptors (Lipinski definition) is 4. The van der Waals surface area contributed by atoms with Gasteiger partial charge in [0, 0.05) is 42.8 Å². The summed E-state index contributed by atoms with van der Waals surface area (Å²) in [5, 5.41) is 12.6. The van der Waals surface area contributed by atoms with Crippen molar-refractivity contribution >= 4 is 28.5 Å². The van der Waals surface area contributed by atoms with Crippen molar-refractivity contribution < 1.29 is 9.53 Å². The average molecular weight is 375 g/mol. The van der Waals surface area contributed by atoms with Crippen LogP contribution in [-0.2, 0) is 20.2 Å². The van der Waals surface area contributed by atoms with Gasteiger partial charge >= 0.3 is 6.03 Å². The first kappa shape index (κ1) is 16.7. The zero-order valence-corrected chi connectivity index (χ0v) is 15.1. The van der Waals surface area contributed by atoms with E-state index >= 15 is 0 Å². The summed E-state index contributed by atoms with van der Waals surface area (Å²) in [6.07, 6.45) is 2.73. The number of ether oxygens (including phenoxy) is 1. The van der Waals surface area contributed by atoms with E-state index in [9.17, 15) is 4.79 Å². The highest BCUT2D eigenvalue weighted by Crippen LogP contribution is 2.31. The van der Waals surface area contributed by atoms with Gasteiger partial charge in [-0.25, -0.2) is 4.79 Å². The fraction of sp³-hybridized carbons (Fsp3) is 0.353. The van der Waals surface area contributed by atoms with E-state index in [4.69, 9.17) is 16.3 Å². The molecule has 1 aliphatic heterocycles. The lowest BCUT2D eigenvalue weighted by Crippen LogP contribution is -2.47. The number of aromatic amines is 1. The molecule has 2 N–H and O–H groups in total. The predicted molar refractivity (Wildman–Crippen MR) is 97.1 cm³/mol. The Hall–Kier alpha value is -2.74. The number of benzene rings is 1. The molecule has 0 aliphatic carbocycles. The minimum atomic E-state index is -0.0269. The van der Waals surface area contributed by atoms with Gasteiger partial charge in [-0.15, -0.1) is 0 Å². The number of hydrogen-bond donors (Lipinski definition) is 2. The van der Waals surface area contributed by atoms with Crippen LogP contribution >= 0.6 is 11.6 Å². The Kier molecular flexibility index (Phi) is 4.42. The van der Waals surface area contributed by atoms with E-state index in [1.165, 1.54) is 4.80 Å². The largest absolute Gasteiger partial charge is 0.486 e. The van der Waals surface area contributed by atoms with E-state index in [0.717, 1.165) is 41.8 Å². The monoisotopic (exact) mass is 374 g/mol. The molecule has 4 rings (SSSR count). The molecular weight excluding hydrogens is 356 g/mol. The van der Waals surface area contributed by atoms with Crippen molar-refractivity contribution in [2.75, 3.05) is 13.1 Å². The molecule has 1 aromatic carbocycles. The lowest BCUT2D eigenvalue weighted by molar-refractivity contribution is 0.167. The summed E-state index contributed by atoms with van der Waals surface area (Å²) in [4.78, 5) is 18.5. The molecule has 0 atom stereocenters. The Morgan fingerprint density at radius 3 is 2.92 bits per heavy atom. The summed E-state index contributed by atoms with van der Waals surface area (Å²) in [5.41, 5.74) is 2.54. The van der Waals surface area contributed by atoms with Gasteiger partial charge in [0.25, 0.3) is 0 Å². The van der Waals surface area contributed by atoms with Crippen molar-refractivity contribution in [3.8, 4) is 5.75 Å². The van der Waals surface area contributed by atoms with E-state index in [1.807, 2.05) is 18.2 Å². The second-order valence-corrected chi connectivity index (χ2v) is 6.68. The number of likely N-dealkylation sites (tertiary alicyclic amines) is 1. The van der Waals surface area contributed by atoms with Crippen molar-refractivity contribution in [3.63, 3.8) is 0 Å². The summed E-state index contributed by atoms with van der Waals surface area (Å²) in [6.45, 7) is 2.40. The third-order valence-corrected chi connectivity index (χ3v) is 4.62. The summed E-state index contributed by atoms with van der Waals surface area (Å²) in [5.74, 6) is 0.572. The molecule has 1 fully saturated rings. The molecule has 0 unspecified atom stereocenters. The zero-order valence-electron chi connectivity index (χ0n) is 14.3. The first-order valence-electron chi connectivity index (χ1n) is 8.40. The number of amides is 2. The van der Waals surface area contributed by atoms with Crippen LogP contribution in [0, 0.1) is 0 Å². The van der Waals surface area contributed by atoms with Crippen molar-refractivity contribution in [2.24, 2.45) is 7.05 Å². The average Bonchev–Trinajstić information content (AvgIpc) is 3.14. The van der Waals surface area contributed by atoms with E-state index in [0.29, 0.717) is 23.9 Å². The standard InChI is InChI=1S/C17H19ClN6O2/c1-23-20-9-13(22-23)10-26-16-7-15-11(6-14(16)18)5-12(21-15)8-19-17(25)24-3-2-4-24/h5-7,9,21H,2-4,8,10H2,1H3,(H,19,25). The van der Waals surface area contributed by atoms with E-state index < -0.39 is 0 Å². The SMILES string of the molecule is Cn1ncc(COc2cc3[nH]c(CNC(=O)N4CCC4)cc3cc2Cl)n1. The molecule has 3 aromatic rings. The molecule has 8 nitrogen and oxygen atoms in total. The van der Waals surface area contributed by atoms with Crippen LogP contribution in [0.25, 0.3) is 10.9 Å². The number of rotatable bonds is 5. The molecule has 136 valence electrons. The number of aryl methyl sites for hydroxylation is 1. The maximum atomic E-state index is 11.9. The van der Waals surface area contributed by atoms with Crippen molar-refractivity contribution in [1.29, 1.82) is 0 Å². The number of carbonyl (C=O) groups is 1. The smallest absolute Gasteiger partial charge is 0.317 e. The van der Waals surface area contributed by atoms with Gasteiger partial charge in [0.05, 0.1) is 17.8 Å². The number of nitrogens with one attached hydrogen (secondary N) is 2. The van der Waals surface area contributed by atoms with Crippen molar-refractivity contribution in [1.82, 2.24) is 30.2 Å². The number of halogens is 1. The Balaban J connectivity index is 1.44. The summed E-state index contributed by atoms with van der Waals surface area (Å²) in [6, 6.07) is 5.65. The second kappa shape index (κ2) is 6.87. The number of aromatic nitrogens is 4. The topological polar surface area (TPSA) is 88.1 Å². The minimum absolute atomic E-state index is 0.0269. The third-order valence-electron chi connectivity index (χ3n) is 4.32. The minimum Gasteiger partial charge on any atom is -0.486 e. The zero-order chi connectivity index (χ0) is 18.1. The maximum Gasteiger partial charge on any atom is 0.317 e. The Labute approximate surface area is 155 Å². The summed E-state index contributed by atoms with van der Waals surface area (Å²) < 4.78 is 5.76. The first-order chi connectivity index (χ1) is 12.6. The predicted octanol–water partition coefficient (Wildman–Crippen LogP) is 2.44. The summed E-state index contributed by atoms with van der Waals surface area (Å²) >= 11 is 6.32. The van der Waals surface area contributed by atoms with E-state index in [1.54, 1.807) is 18.1 Å². The highest BCUT2D eigenvalue weighted by atomic mass is 35.5. The van der Waals surface area contributed by atoms with Gasteiger partial charge in [-0.1, -0.05) is 11.6 Å². The molecule has 2 amide bonds. The van der Waals surface area contributed by atoms with Crippen molar-refractivity contribution in [2.45, 2.75) is 19.6 Å². The molecule has 0 spiro atoms. The highest BCUT2D eigenvalue weighted by Gasteiger charge is 2.19. The van der Waals surface area contributed by atoms with Gasteiger partial charge in [-0.3, -0.25) is 0 Å². The molecule has 1 saturated heterocycles. The van der Waals surface area contributed by atoms with Crippen LogP contribution in [0.3, 0.4) is 0 Å². The molecule has 2 aromatic heterocycles. The number of H-pyrrole nitrogens is 1. The molecule has 3 heterocycles. The lowest BCUT2D eigenvalue weighted by Gasteiger charge is -2.30. The van der Waals surface area contributed by atoms with Crippen LogP contribution < -0.4 is 10.1 Å². The molecule has 0 bridgehead atoms. The fourth-order valence-electron chi connectivity index (χ4n) is 2.81. The summed E-state index contributed by atoms with van der Waals surface area (Å²) in [7, 11) is 1.75. The maximum absolute atomic E-state index is 11.9. The number of nitrogens with zero attached hydrogens (tertiary/aromatic N) is 4. The third kappa shape index (κ3) is 3.45. The van der Waals surface area contributed by atoms with Gasteiger partial charge in [0.1, 0.15) is 18.1 Å². The van der Waals surface area contributed by atoms with Crippen LogP contribution in [0.5, 0.6) is 5.75 Å². The Bertz CT molecular complexity index is 946.